The van der Waals surface area contributed by atoms with E-state index < -0.39 is 0 Å². The second kappa shape index (κ2) is 3.99. The SMILES string of the molecule is O=C(C1=CCCCC1)C1CC12CCNCC2. The van der Waals surface area contributed by atoms with Gasteiger partial charge in [-0.3, -0.25) is 4.79 Å². The van der Waals surface area contributed by atoms with Crippen molar-refractivity contribution in [3.05, 3.63) is 11.6 Å². The molecule has 3 rings (SSSR count). The van der Waals surface area contributed by atoms with E-state index in [0.717, 1.165) is 31.5 Å². The van der Waals surface area contributed by atoms with Gasteiger partial charge in [0.15, 0.2) is 5.78 Å². The van der Waals surface area contributed by atoms with Crippen LogP contribution in [0.25, 0.3) is 0 Å². The Morgan fingerprint density at radius 1 is 1.31 bits per heavy atom. The van der Waals surface area contributed by atoms with Crippen LogP contribution in [0.15, 0.2) is 11.6 Å². The van der Waals surface area contributed by atoms with E-state index in [1.165, 1.54) is 32.1 Å². The first-order valence-electron chi connectivity index (χ1n) is 6.76. The van der Waals surface area contributed by atoms with Crippen LogP contribution in [0.3, 0.4) is 0 Å². The van der Waals surface area contributed by atoms with Gasteiger partial charge in [0, 0.05) is 5.92 Å². The third-order valence-electron chi connectivity index (χ3n) is 4.71. The van der Waals surface area contributed by atoms with Crippen LogP contribution < -0.4 is 5.32 Å². The number of hydrogen-bond acceptors (Lipinski definition) is 2. The number of rotatable bonds is 2. The van der Waals surface area contributed by atoms with E-state index in [0.29, 0.717) is 17.1 Å². The summed E-state index contributed by atoms with van der Waals surface area (Å²) >= 11 is 0. The van der Waals surface area contributed by atoms with E-state index in [2.05, 4.69) is 11.4 Å². The maximum Gasteiger partial charge on any atom is 0.162 e. The minimum atomic E-state index is 0.388. The Labute approximate surface area is 97.5 Å². The zero-order valence-corrected chi connectivity index (χ0v) is 9.93. The maximum atomic E-state index is 12.3. The molecule has 1 spiro atoms. The van der Waals surface area contributed by atoms with Gasteiger partial charge in [0.05, 0.1) is 0 Å². The van der Waals surface area contributed by atoms with Crippen LogP contribution in [-0.4, -0.2) is 18.9 Å². The molecule has 2 nitrogen and oxygen atoms in total. The highest BCUT2D eigenvalue weighted by atomic mass is 16.1. The van der Waals surface area contributed by atoms with E-state index in [9.17, 15) is 4.79 Å². The van der Waals surface area contributed by atoms with Crippen molar-refractivity contribution in [3.8, 4) is 0 Å². The molecule has 2 aliphatic carbocycles. The molecule has 1 heterocycles. The highest BCUT2D eigenvalue weighted by molar-refractivity contribution is 5.99. The number of nitrogens with one attached hydrogen (secondary N) is 1. The molecule has 16 heavy (non-hydrogen) atoms. The average Bonchev–Trinajstić information content (AvgIpc) is 3.04. The second-order valence-electron chi connectivity index (χ2n) is 5.71. The number of piperidine rings is 1. The van der Waals surface area contributed by atoms with E-state index in [4.69, 9.17) is 0 Å². The van der Waals surface area contributed by atoms with Crippen molar-refractivity contribution in [1.82, 2.24) is 5.32 Å². The predicted molar refractivity (Wildman–Crippen MR) is 64.2 cm³/mol. The fraction of sp³-hybridized carbons (Fsp3) is 0.786. The fourth-order valence-corrected chi connectivity index (χ4v) is 3.48. The van der Waals surface area contributed by atoms with Gasteiger partial charge in [-0.1, -0.05) is 6.08 Å². The Kier molecular flexibility index (Phi) is 2.62. The lowest BCUT2D eigenvalue weighted by atomic mass is 9.87. The number of hydrogen-bond donors (Lipinski definition) is 1. The summed E-state index contributed by atoms with van der Waals surface area (Å²) in [5.41, 5.74) is 1.58. The molecule has 1 atom stereocenters. The van der Waals surface area contributed by atoms with Crippen LogP contribution in [0.2, 0.25) is 0 Å². The van der Waals surface area contributed by atoms with Crippen molar-refractivity contribution >= 4 is 5.78 Å². The van der Waals surface area contributed by atoms with Gasteiger partial charge in [0.2, 0.25) is 0 Å². The van der Waals surface area contributed by atoms with Gasteiger partial charge in [-0.15, -0.1) is 0 Å². The Morgan fingerprint density at radius 2 is 2.12 bits per heavy atom. The van der Waals surface area contributed by atoms with Gasteiger partial charge < -0.3 is 5.32 Å². The molecule has 3 aliphatic rings. The molecule has 88 valence electrons. The minimum Gasteiger partial charge on any atom is -0.317 e. The van der Waals surface area contributed by atoms with E-state index in [1.54, 1.807) is 0 Å². The van der Waals surface area contributed by atoms with Gasteiger partial charge >= 0.3 is 0 Å². The summed E-state index contributed by atoms with van der Waals surface area (Å²) in [5.74, 6) is 0.889. The molecule has 0 aromatic carbocycles. The molecule has 0 radical (unpaired) electrons. The van der Waals surface area contributed by atoms with Gasteiger partial charge in [0.1, 0.15) is 0 Å². The Hall–Kier alpha value is -0.630. The van der Waals surface area contributed by atoms with Crippen molar-refractivity contribution in [1.29, 1.82) is 0 Å². The van der Waals surface area contributed by atoms with Gasteiger partial charge in [-0.2, -0.15) is 0 Å². The second-order valence-corrected chi connectivity index (χ2v) is 5.71. The van der Waals surface area contributed by atoms with Crippen LogP contribution >= 0.6 is 0 Å². The first-order valence-corrected chi connectivity index (χ1v) is 6.76. The molecular weight excluding hydrogens is 198 g/mol. The van der Waals surface area contributed by atoms with Crippen LogP contribution in [0.4, 0.5) is 0 Å². The van der Waals surface area contributed by atoms with Gasteiger partial charge in [0.25, 0.3) is 0 Å². The van der Waals surface area contributed by atoms with Gasteiger partial charge in [-0.05, 0) is 69.0 Å². The molecule has 1 aliphatic heterocycles. The molecule has 1 unspecified atom stereocenters. The van der Waals surface area contributed by atoms with Gasteiger partial charge in [-0.25, -0.2) is 0 Å². The van der Waals surface area contributed by atoms with Crippen molar-refractivity contribution in [2.24, 2.45) is 11.3 Å². The minimum absolute atomic E-state index is 0.388. The monoisotopic (exact) mass is 219 g/mol. The predicted octanol–water partition coefficient (Wildman–Crippen LogP) is 2.45. The lowest BCUT2D eigenvalue weighted by Gasteiger charge is -2.23. The summed E-state index contributed by atoms with van der Waals surface area (Å²) in [7, 11) is 0. The Bertz CT molecular complexity index is 326. The smallest absolute Gasteiger partial charge is 0.162 e. The summed E-state index contributed by atoms with van der Waals surface area (Å²) in [6.45, 7) is 2.23. The highest BCUT2D eigenvalue weighted by Crippen LogP contribution is 2.59. The lowest BCUT2D eigenvalue weighted by molar-refractivity contribution is -0.117. The molecule has 0 aromatic rings. The lowest BCUT2D eigenvalue weighted by Crippen LogP contribution is -2.31. The van der Waals surface area contributed by atoms with E-state index in [1.807, 2.05) is 0 Å². The molecule has 1 N–H and O–H groups in total. The standard InChI is InChI=1S/C14H21NO/c16-13(11-4-2-1-3-5-11)12-10-14(12)6-8-15-9-7-14/h4,12,15H,1-3,5-10H2. The molecule has 1 saturated heterocycles. The number of ketones is 1. The normalized spacial score (nSPS) is 32.2. The third kappa shape index (κ3) is 1.73. The Balaban J connectivity index is 1.66. The quantitative estimate of drug-likeness (QED) is 0.773. The summed E-state index contributed by atoms with van der Waals surface area (Å²) in [4.78, 5) is 12.3. The molecule has 1 saturated carbocycles. The van der Waals surface area contributed by atoms with Crippen molar-refractivity contribution < 1.29 is 4.79 Å². The summed E-state index contributed by atoms with van der Waals surface area (Å²) in [5, 5.41) is 3.39. The zero-order valence-electron chi connectivity index (χ0n) is 9.93. The molecule has 2 heteroatoms. The average molecular weight is 219 g/mol. The van der Waals surface area contributed by atoms with Crippen LogP contribution in [-0.2, 0) is 4.79 Å². The molecule has 2 fully saturated rings. The van der Waals surface area contributed by atoms with E-state index >= 15 is 0 Å². The number of carbonyl (C=O) groups is 1. The zero-order chi connectivity index (χ0) is 11.0. The fourth-order valence-electron chi connectivity index (χ4n) is 3.48. The van der Waals surface area contributed by atoms with Crippen molar-refractivity contribution in [3.63, 3.8) is 0 Å². The highest BCUT2D eigenvalue weighted by Gasteiger charge is 2.57. The summed E-state index contributed by atoms with van der Waals surface area (Å²) in [6, 6.07) is 0. The number of carbonyl (C=O) groups excluding carboxylic acids is 1. The van der Waals surface area contributed by atoms with Crippen LogP contribution in [0.1, 0.15) is 44.9 Å². The first-order chi connectivity index (χ1) is 7.82. The Morgan fingerprint density at radius 3 is 2.81 bits per heavy atom. The molecule has 0 bridgehead atoms. The third-order valence-corrected chi connectivity index (χ3v) is 4.71. The molecule has 0 aromatic heterocycles. The van der Waals surface area contributed by atoms with Crippen LogP contribution in [0.5, 0.6) is 0 Å². The molecular formula is C14H21NO. The first kappa shape index (κ1) is 10.5. The largest absolute Gasteiger partial charge is 0.317 e. The number of allylic oxidation sites excluding steroid dienone is 2. The number of Topliss-reactive ketones (excluding diaryl/α,β-unsaturated/α-hetero) is 1. The molecule has 0 amide bonds. The van der Waals surface area contributed by atoms with Crippen molar-refractivity contribution in [2.45, 2.75) is 44.9 Å². The van der Waals surface area contributed by atoms with Crippen molar-refractivity contribution in [2.75, 3.05) is 13.1 Å². The van der Waals surface area contributed by atoms with Crippen LogP contribution in [0, 0.1) is 11.3 Å². The maximum absolute atomic E-state index is 12.3. The van der Waals surface area contributed by atoms with E-state index in [-0.39, 0.29) is 0 Å². The summed E-state index contributed by atoms with van der Waals surface area (Å²) in [6.07, 6.45) is 10.5. The topological polar surface area (TPSA) is 29.1 Å². The summed E-state index contributed by atoms with van der Waals surface area (Å²) < 4.78 is 0.